The van der Waals surface area contributed by atoms with E-state index in [0.29, 0.717) is 29.4 Å². The number of hydrogen-bond donors (Lipinski definition) is 2. The Bertz CT molecular complexity index is 1350. The van der Waals surface area contributed by atoms with Crippen molar-refractivity contribution in [2.24, 2.45) is 7.05 Å². The van der Waals surface area contributed by atoms with Gasteiger partial charge in [-0.1, -0.05) is 6.07 Å². The first-order chi connectivity index (χ1) is 17.9. The van der Waals surface area contributed by atoms with Crippen LogP contribution in [0.4, 0.5) is 4.39 Å². The van der Waals surface area contributed by atoms with Gasteiger partial charge < -0.3 is 29.2 Å². The van der Waals surface area contributed by atoms with Gasteiger partial charge in [0.2, 0.25) is 11.7 Å². The lowest BCUT2D eigenvalue weighted by Gasteiger charge is -2.15. The average Bonchev–Trinajstić information content (AvgIpc) is 3.41. The number of nitrogens with zero attached hydrogens (tertiary/aromatic N) is 1. The van der Waals surface area contributed by atoms with Gasteiger partial charge in [-0.25, -0.2) is 4.39 Å². The van der Waals surface area contributed by atoms with Gasteiger partial charge in [-0.05, 0) is 82.8 Å². The summed E-state index contributed by atoms with van der Waals surface area (Å²) in [7, 11) is 4.99. The number of methoxy groups -OCH3 is 2. The summed E-state index contributed by atoms with van der Waals surface area (Å²) in [6, 6.07) is 12.1. The normalized spacial score (nSPS) is 13.6. The molecule has 8 heteroatoms. The maximum absolute atomic E-state index is 14.3. The van der Waals surface area contributed by atoms with Crippen LogP contribution in [0.15, 0.2) is 54.2 Å². The van der Waals surface area contributed by atoms with Crippen molar-refractivity contribution in [1.82, 2.24) is 9.88 Å². The molecule has 1 aliphatic carbocycles. The second kappa shape index (κ2) is 11.3. The van der Waals surface area contributed by atoms with E-state index in [1.165, 1.54) is 26.4 Å². The highest BCUT2D eigenvalue weighted by Gasteiger charge is 2.26. The monoisotopic (exact) mass is 506 g/mol. The molecule has 0 saturated carbocycles. The van der Waals surface area contributed by atoms with Crippen molar-refractivity contribution < 1.29 is 28.5 Å². The maximum Gasteiger partial charge on any atom is 0.224 e. The summed E-state index contributed by atoms with van der Waals surface area (Å²) in [4.78, 5) is 12.9. The third-order valence-corrected chi connectivity index (χ3v) is 6.44. The van der Waals surface area contributed by atoms with Crippen LogP contribution in [0.25, 0.3) is 17.2 Å². The van der Waals surface area contributed by atoms with Crippen LogP contribution in [0.5, 0.6) is 17.2 Å². The summed E-state index contributed by atoms with van der Waals surface area (Å²) in [6.45, 7) is 2.31. The molecule has 2 N–H and O–H groups in total. The number of carbonyl (C=O) groups is 1. The molecular formula is C29H31FN2O5. The fourth-order valence-electron chi connectivity index (χ4n) is 4.51. The number of carbonyl (C=O) groups excluding carboxylic acids is 1. The van der Waals surface area contributed by atoms with Crippen molar-refractivity contribution in [2.75, 3.05) is 27.4 Å². The number of halogens is 1. The summed E-state index contributed by atoms with van der Waals surface area (Å²) in [5, 5.41) is 12.1. The number of rotatable bonds is 10. The SMILES string of the molecule is COc1cc(C=C2C(C)=C(CC(=O)NCc3cccn3C)c3cc(F)ccc32)cc(OC)c1OCCO. The van der Waals surface area contributed by atoms with Crippen molar-refractivity contribution in [3.8, 4) is 17.2 Å². The number of aryl methyl sites for hydroxylation is 1. The van der Waals surface area contributed by atoms with Crippen LogP contribution >= 0.6 is 0 Å². The van der Waals surface area contributed by atoms with E-state index in [0.717, 1.165) is 33.5 Å². The Balaban J connectivity index is 1.68. The molecule has 1 amide bonds. The van der Waals surface area contributed by atoms with Crippen LogP contribution in [-0.2, 0) is 18.4 Å². The van der Waals surface area contributed by atoms with Crippen LogP contribution in [0.2, 0.25) is 0 Å². The van der Waals surface area contributed by atoms with Crippen LogP contribution < -0.4 is 19.5 Å². The Kier molecular flexibility index (Phi) is 7.98. The number of aliphatic hydroxyl groups excluding tert-OH is 1. The number of hydrogen-bond acceptors (Lipinski definition) is 5. The van der Waals surface area contributed by atoms with Gasteiger partial charge in [-0.2, -0.15) is 0 Å². The Labute approximate surface area is 215 Å². The largest absolute Gasteiger partial charge is 0.493 e. The summed E-state index contributed by atoms with van der Waals surface area (Å²) in [5.41, 5.74) is 5.90. The zero-order valence-corrected chi connectivity index (χ0v) is 21.4. The third kappa shape index (κ3) is 5.54. The van der Waals surface area contributed by atoms with E-state index in [2.05, 4.69) is 5.32 Å². The van der Waals surface area contributed by atoms with Crippen LogP contribution in [0.3, 0.4) is 0 Å². The molecule has 7 nitrogen and oxygen atoms in total. The number of fused-ring (bicyclic) bond motifs is 1. The first-order valence-electron chi connectivity index (χ1n) is 11.9. The van der Waals surface area contributed by atoms with Gasteiger partial charge in [0.25, 0.3) is 0 Å². The molecule has 0 bridgehead atoms. The fraction of sp³-hybridized carbons (Fsp3) is 0.276. The molecule has 2 aromatic carbocycles. The predicted molar refractivity (Wildman–Crippen MR) is 141 cm³/mol. The molecule has 0 unspecified atom stereocenters. The van der Waals surface area contributed by atoms with Crippen molar-refractivity contribution in [3.05, 3.63) is 82.4 Å². The molecule has 0 spiro atoms. The van der Waals surface area contributed by atoms with Crippen LogP contribution in [0, 0.1) is 5.82 Å². The Hall–Kier alpha value is -4.04. The smallest absolute Gasteiger partial charge is 0.224 e. The van der Waals surface area contributed by atoms with Gasteiger partial charge in [0.1, 0.15) is 12.4 Å². The van der Waals surface area contributed by atoms with E-state index in [4.69, 9.17) is 19.3 Å². The molecule has 1 aliphatic rings. The lowest BCUT2D eigenvalue weighted by Crippen LogP contribution is -2.23. The van der Waals surface area contributed by atoms with Gasteiger partial charge >= 0.3 is 0 Å². The highest BCUT2D eigenvalue weighted by molar-refractivity contribution is 6.08. The average molecular weight is 507 g/mol. The molecule has 1 aromatic heterocycles. The van der Waals surface area contributed by atoms with Crippen LogP contribution in [-0.4, -0.2) is 43.0 Å². The quantitative estimate of drug-likeness (QED) is 0.421. The number of aromatic nitrogens is 1. The van der Waals surface area contributed by atoms with E-state index in [-0.39, 0.29) is 31.4 Å². The van der Waals surface area contributed by atoms with Crippen LogP contribution in [0.1, 0.15) is 35.7 Å². The summed E-state index contributed by atoms with van der Waals surface area (Å²) < 4.78 is 32.9. The highest BCUT2D eigenvalue weighted by atomic mass is 19.1. The highest BCUT2D eigenvalue weighted by Crippen LogP contribution is 2.45. The van der Waals surface area contributed by atoms with E-state index < -0.39 is 0 Å². The minimum absolute atomic E-state index is 0.101. The van der Waals surface area contributed by atoms with Gasteiger partial charge in [-0.3, -0.25) is 4.79 Å². The molecule has 0 aliphatic heterocycles. The van der Waals surface area contributed by atoms with Crippen molar-refractivity contribution in [1.29, 1.82) is 0 Å². The van der Waals surface area contributed by atoms with Crippen molar-refractivity contribution in [3.63, 3.8) is 0 Å². The molecular weight excluding hydrogens is 475 g/mol. The Morgan fingerprint density at radius 1 is 1.11 bits per heavy atom. The predicted octanol–water partition coefficient (Wildman–Crippen LogP) is 4.59. The minimum atomic E-state index is -0.358. The standard InChI is InChI=1S/C29H31FN2O5/c1-18-23(12-19-13-26(35-3)29(37-11-10-33)27(14-19)36-4)22-8-7-20(30)15-25(22)24(18)16-28(34)31-17-21-6-5-9-32(21)2/h5-9,12-15,33H,10-11,16-17H2,1-4H3,(H,31,34). The first-order valence-corrected chi connectivity index (χ1v) is 11.9. The second-order valence-corrected chi connectivity index (χ2v) is 8.74. The van der Waals surface area contributed by atoms with Gasteiger partial charge in [-0.15, -0.1) is 0 Å². The molecule has 194 valence electrons. The zero-order valence-electron chi connectivity index (χ0n) is 21.4. The summed E-state index contributed by atoms with van der Waals surface area (Å²) in [6.07, 6.45) is 4.02. The van der Waals surface area contributed by atoms with Gasteiger partial charge in [0.15, 0.2) is 11.5 Å². The number of aliphatic hydroxyl groups is 1. The fourth-order valence-corrected chi connectivity index (χ4v) is 4.51. The first kappa shape index (κ1) is 26.0. The second-order valence-electron chi connectivity index (χ2n) is 8.74. The third-order valence-electron chi connectivity index (χ3n) is 6.44. The Morgan fingerprint density at radius 3 is 2.46 bits per heavy atom. The summed E-state index contributed by atoms with van der Waals surface area (Å²) in [5.74, 6) is 0.819. The van der Waals surface area contributed by atoms with Crippen molar-refractivity contribution >= 4 is 23.1 Å². The van der Waals surface area contributed by atoms with E-state index >= 15 is 0 Å². The maximum atomic E-state index is 14.3. The van der Waals surface area contributed by atoms with E-state index in [1.807, 2.05) is 55.1 Å². The molecule has 37 heavy (non-hydrogen) atoms. The number of allylic oxidation sites excluding steroid dienone is 2. The molecule has 1 heterocycles. The Morgan fingerprint density at radius 2 is 1.84 bits per heavy atom. The van der Waals surface area contributed by atoms with Gasteiger partial charge in [0.05, 0.1) is 33.8 Å². The molecule has 4 rings (SSSR count). The molecule has 3 aromatic rings. The lowest BCUT2D eigenvalue weighted by molar-refractivity contribution is -0.120. The molecule has 0 saturated heterocycles. The van der Waals surface area contributed by atoms with E-state index in [9.17, 15) is 9.18 Å². The minimum Gasteiger partial charge on any atom is -0.493 e. The number of benzene rings is 2. The zero-order chi connectivity index (χ0) is 26.5. The van der Waals surface area contributed by atoms with E-state index in [1.54, 1.807) is 6.07 Å². The number of nitrogens with one attached hydrogen (secondary N) is 1. The summed E-state index contributed by atoms with van der Waals surface area (Å²) >= 11 is 0. The van der Waals surface area contributed by atoms with Crippen molar-refractivity contribution in [2.45, 2.75) is 19.9 Å². The molecule has 0 atom stereocenters. The molecule has 0 fully saturated rings. The topological polar surface area (TPSA) is 82.0 Å². The number of ether oxygens (including phenoxy) is 3. The molecule has 0 radical (unpaired) electrons. The lowest BCUT2D eigenvalue weighted by atomic mass is 10.00. The van der Waals surface area contributed by atoms with Gasteiger partial charge in [0, 0.05) is 18.9 Å². The number of amides is 1.